The number of hydrogen-bond donors (Lipinski definition) is 2. The van der Waals surface area contributed by atoms with Gasteiger partial charge < -0.3 is 15.5 Å². The maximum absolute atomic E-state index is 11.9. The van der Waals surface area contributed by atoms with Crippen molar-refractivity contribution in [3.63, 3.8) is 0 Å². The summed E-state index contributed by atoms with van der Waals surface area (Å²) in [6.45, 7) is 2.68. The molecule has 0 aromatic heterocycles. The van der Waals surface area contributed by atoms with Crippen molar-refractivity contribution in [2.75, 3.05) is 13.2 Å². The van der Waals surface area contributed by atoms with Crippen LogP contribution >= 0.6 is 34.0 Å². The molecule has 3 rings (SSSR count). The number of hydrogen-bond acceptors (Lipinski definition) is 4. The zero-order valence-electron chi connectivity index (χ0n) is 12.5. The molecule has 1 aromatic carbocycles. The normalized spacial score (nSPS) is 10.0. The number of aromatic amines is 1. The Morgan fingerprint density at radius 2 is 1.96 bits per heavy atom. The number of ether oxygens (including phenoxy) is 1. The fraction of sp³-hybridized carbons (Fsp3) is 0.200. The van der Waals surface area contributed by atoms with Crippen LogP contribution in [0.2, 0.25) is 0 Å². The number of halogens is 2. The first-order valence-corrected chi connectivity index (χ1v) is 6.70. The number of rotatable bonds is 4. The Kier molecular flexibility index (Phi) is 6.99. The van der Waals surface area contributed by atoms with E-state index in [2.05, 4.69) is 9.97 Å². The number of imidazole rings is 1. The molecule has 0 unspecified atom stereocenters. The molecule has 0 radical (unpaired) electrons. The molecule has 0 saturated carbocycles. The van der Waals surface area contributed by atoms with Crippen LogP contribution in [-0.2, 0) is 0 Å². The predicted octanol–water partition coefficient (Wildman–Crippen LogP) is 2.47. The number of aromatic nitrogens is 3. The summed E-state index contributed by atoms with van der Waals surface area (Å²) in [6.07, 6.45) is 3.48. The van der Waals surface area contributed by atoms with Gasteiger partial charge in [0.2, 0.25) is 0 Å². The maximum atomic E-state index is 11.9. The van der Waals surface area contributed by atoms with Crippen molar-refractivity contribution in [1.29, 1.82) is 0 Å². The van der Waals surface area contributed by atoms with Crippen molar-refractivity contribution in [2.24, 2.45) is 5.73 Å². The molecule has 0 amide bonds. The van der Waals surface area contributed by atoms with Gasteiger partial charge in [-0.3, -0.25) is 9.36 Å². The maximum Gasteiger partial charge on any atom is 0.277 e. The molecule has 23 heavy (non-hydrogen) atoms. The van der Waals surface area contributed by atoms with Gasteiger partial charge in [-0.05, 0) is 36.8 Å². The monoisotopic (exact) mass is 444 g/mol. The topological polar surface area (TPSA) is 85.9 Å². The molecule has 2 aliphatic heterocycles. The lowest BCUT2D eigenvalue weighted by Gasteiger charge is -2.08. The second-order valence-corrected chi connectivity index (χ2v) is 4.72. The Balaban J connectivity index is 0.00000132. The van der Waals surface area contributed by atoms with Crippen molar-refractivity contribution < 1.29 is 4.74 Å². The van der Waals surface area contributed by atoms with Crippen LogP contribution in [0, 0.1) is 6.92 Å². The van der Waals surface area contributed by atoms with Gasteiger partial charge in [0.25, 0.3) is 5.56 Å². The molecule has 2 heterocycles. The van der Waals surface area contributed by atoms with Crippen LogP contribution in [0.15, 0.2) is 41.5 Å². The highest BCUT2D eigenvalue weighted by Crippen LogP contribution is 2.21. The molecule has 0 aliphatic carbocycles. The molecule has 2 aliphatic rings. The molecule has 0 bridgehead atoms. The summed E-state index contributed by atoms with van der Waals surface area (Å²) in [4.78, 5) is 19.3. The summed E-state index contributed by atoms with van der Waals surface area (Å²) < 4.78 is 6.98. The summed E-state index contributed by atoms with van der Waals surface area (Å²) in [6, 6.07) is 7.61. The number of nitrogens with two attached hydrogens (primary N) is 1. The summed E-state index contributed by atoms with van der Waals surface area (Å²) >= 11 is 0. The number of nitrogens with zero attached hydrogens (tertiary/aromatic N) is 2. The minimum atomic E-state index is -0.0943. The third-order valence-corrected chi connectivity index (χ3v) is 3.22. The van der Waals surface area contributed by atoms with Crippen molar-refractivity contribution >= 4 is 34.0 Å². The summed E-state index contributed by atoms with van der Waals surface area (Å²) in [5.74, 6) is 1.39. The van der Waals surface area contributed by atoms with Crippen molar-refractivity contribution in [3.8, 4) is 22.8 Å². The van der Waals surface area contributed by atoms with Crippen LogP contribution in [0.4, 0.5) is 0 Å². The van der Waals surface area contributed by atoms with E-state index in [1.54, 1.807) is 23.9 Å². The van der Waals surface area contributed by atoms with Gasteiger partial charge in [-0.1, -0.05) is 0 Å². The number of H-pyrrole nitrogens is 1. The molecule has 124 valence electrons. The zero-order chi connectivity index (χ0) is 14.8. The van der Waals surface area contributed by atoms with Gasteiger partial charge in [0, 0.05) is 18.9 Å². The molecule has 6 nitrogen and oxygen atoms in total. The van der Waals surface area contributed by atoms with Gasteiger partial charge in [0.15, 0.2) is 5.82 Å². The summed E-state index contributed by atoms with van der Waals surface area (Å²) in [5.41, 5.74) is 7.59. The van der Waals surface area contributed by atoms with E-state index < -0.39 is 0 Å². The minimum Gasteiger partial charge on any atom is -0.492 e. The van der Waals surface area contributed by atoms with Crippen LogP contribution in [0.25, 0.3) is 17.1 Å². The highest BCUT2D eigenvalue weighted by Gasteiger charge is 2.11. The fourth-order valence-corrected chi connectivity index (χ4v) is 2.15. The lowest BCUT2D eigenvalue weighted by Crippen LogP contribution is -2.13. The van der Waals surface area contributed by atoms with Crippen LogP contribution in [0.3, 0.4) is 0 Å². The number of benzene rings is 1. The first-order valence-electron chi connectivity index (χ1n) is 6.70. The van der Waals surface area contributed by atoms with Crippen molar-refractivity contribution in [2.45, 2.75) is 6.92 Å². The van der Waals surface area contributed by atoms with E-state index in [1.165, 1.54) is 0 Å². The van der Waals surface area contributed by atoms with Crippen molar-refractivity contribution in [3.05, 3.63) is 52.7 Å². The van der Waals surface area contributed by atoms with E-state index in [4.69, 9.17) is 10.5 Å². The van der Waals surface area contributed by atoms with E-state index >= 15 is 0 Å². The van der Waals surface area contributed by atoms with Crippen LogP contribution < -0.4 is 16.0 Å². The fourth-order valence-electron chi connectivity index (χ4n) is 2.15. The SMILES string of the molecule is Br.Br.Cc1nc2c[nH]c(-c3ccc(OCCN)cc3)cn-2c1=O. The van der Waals surface area contributed by atoms with Gasteiger partial charge >= 0.3 is 0 Å². The van der Waals surface area contributed by atoms with Crippen molar-refractivity contribution in [1.82, 2.24) is 14.5 Å². The van der Waals surface area contributed by atoms with Gasteiger partial charge in [-0.2, -0.15) is 0 Å². The Hall–Kier alpha value is -1.64. The first kappa shape index (κ1) is 19.4. The van der Waals surface area contributed by atoms with E-state index in [1.807, 2.05) is 24.3 Å². The second-order valence-electron chi connectivity index (χ2n) is 4.72. The first-order chi connectivity index (χ1) is 10.2. The molecule has 0 saturated heterocycles. The molecule has 0 atom stereocenters. The number of aryl methyl sites for hydroxylation is 1. The standard InChI is InChI=1S/C15H16N4O2.2BrH/c1-10-15(20)19-9-13(17-8-14(19)18-10)11-2-4-12(5-3-11)21-7-6-16;;/h2-5,8-9,17H,6-7,16H2,1H3;2*1H. The number of nitrogens with one attached hydrogen (secondary N) is 1. The molecular weight excluding hydrogens is 428 g/mol. The largest absolute Gasteiger partial charge is 0.492 e. The van der Waals surface area contributed by atoms with Gasteiger partial charge in [-0.25, -0.2) is 4.98 Å². The van der Waals surface area contributed by atoms with E-state index in [9.17, 15) is 4.79 Å². The average molecular weight is 446 g/mol. The Labute approximate surface area is 154 Å². The van der Waals surface area contributed by atoms with Crippen LogP contribution in [0.5, 0.6) is 5.75 Å². The van der Waals surface area contributed by atoms with Gasteiger partial charge in [-0.15, -0.1) is 34.0 Å². The highest BCUT2D eigenvalue weighted by atomic mass is 79.9. The van der Waals surface area contributed by atoms with E-state index in [0.717, 1.165) is 17.0 Å². The predicted molar refractivity (Wildman–Crippen MR) is 101 cm³/mol. The van der Waals surface area contributed by atoms with Crippen LogP contribution in [-0.4, -0.2) is 27.7 Å². The van der Waals surface area contributed by atoms with E-state index in [-0.39, 0.29) is 39.5 Å². The second kappa shape index (κ2) is 8.28. The molecule has 0 spiro atoms. The molecule has 8 heteroatoms. The molecule has 1 aromatic rings. The Bertz CT molecular complexity index is 783. The van der Waals surface area contributed by atoms with Crippen LogP contribution in [0.1, 0.15) is 5.69 Å². The molecule has 0 fully saturated rings. The lowest BCUT2D eigenvalue weighted by atomic mass is 10.1. The third kappa shape index (κ3) is 4.01. The average Bonchev–Trinajstić information content (AvgIpc) is 2.80. The van der Waals surface area contributed by atoms with E-state index in [0.29, 0.717) is 24.7 Å². The summed E-state index contributed by atoms with van der Waals surface area (Å²) in [7, 11) is 0. The van der Waals surface area contributed by atoms with Gasteiger partial charge in [0.1, 0.15) is 18.1 Å². The Morgan fingerprint density at radius 1 is 1.26 bits per heavy atom. The Morgan fingerprint density at radius 3 is 2.61 bits per heavy atom. The molecule has 3 N–H and O–H groups in total. The minimum absolute atomic E-state index is 0. The summed E-state index contributed by atoms with van der Waals surface area (Å²) in [5, 5.41) is 0. The smallest absolute Gasteiger partial charge is 0.277 e. The quantitative estimate of drug-likeness (QED) is 0.645. The van der Waals surface area contributed by atoms with Gasteiger partial charge in [0.05, 0.1) is 5.69 Å². The zero-order valence-corrected chi connectivity index (χ0v) is 15.9. The lowest BCUT2D eigenvalue weighted by molar-refractivity contribution is 0.328. The third-order valence-electron chi connectivity index (χ3n) is 3.22. The highest BCUT2D eigenvalue weighted by molar-refractivity contribution is 8.93. The number of fused-ring (bicyclic) bond motifs is 1. The molecular formula is C15H18Br2N4O2.